The van der Waals surface area contributed by atoms with E-state index in [0.717, 1.165) is 21.2 Å². The summed E-state index contributed by atoms with van der Waals surface area (Å²) in [4.78, 5) is 0.203. The van der Waals surface area contributed by atoms with Gasteiger partial charge in [-0.15, -0.1) is 11.3 Å². The molecule has 0 aliphatic carbocycles. The molecule has 74 valence electrons. The smallest absolute Gasteiger partial charge is 0.204 e. The van der Waals surface area contributed by atoms with E-state index in [0.29, 0.717) is 0 Å². The van der Waals surface area contributed by atoms with Crippen molar-refractivity contribution in [1.82, 2.24) is 0 Å². The molecule has 1 aromatic carbocycles. The summed E-state index contributed by atoms with van der Waals surface area (Å²) in [6.45, 7) is 3.72. The van der Waals surface area contributed by atoms with Gasteiger partial charge in [-0.3, -0.25) is 0 Å². The molecule has 0 bridgehead atoms. The van der Waals surface area contributed by atoms with Crippen molar-refractivity contribution in [3.05, 3.63) is 34.2 Å². The first-order chi connectivity index (χ1) is 6.61. The summed E-state index contributed by atoms with van der Waals surface area (Å²) in [7, 11) is 0. The lowest BCUT2D eigenvalue weighted by atomic mass is 10.1. The molecule has 3 heteroatoms. The average Bonchev–Trinajstić information content (AvgIpc) is 2.46. The quantitative estimate of drug-likeness (QED) is 0.654. The van der Waals surface area contributed by atoms with Crippen molar-refractivity contribution in [1.29, 1.82) is 0 Å². The standard InChI is InChI=1S/C11H10F2S/c1-6-4-3-5-8-7(2)10(11(12)13)14-9(6)8/h3-5,11H,1-2H3. The highest BCUT2D eigenvalue weighted by atomic mass is 32.1. The summed E-state index contributed by atoms with van der Waals surface area (Å²) in [5.41, 5.74) is 1.80. The summed E-state index contributed by atoms with van der Waals surface area (Å²) in [5, 5.41) is 0.963. The van der Waals surface area contributed by atoms with Gasteiger partial charge in [0.15, 0.2) is 0 Å². The van der Waals surface area contributed by atoms with Gasteiger partial charge < -0.3 is 0 Å². The fraction of sp³-hybridized carbons (Fsp3) is 0.273. The van der Waals surface area contributed by atoms with Crippen molar-refractivity contribution in [3.63, 3.8) is 0 Å². The largest absolute Gasteiger partial charge is 0.273 e. The van der Waals surface area contributed by atoms with Gasteiger partial charge in [0.2, 0.25) is 0 Å². The molecule has 0 nitrogen and oxygen atoms in total. The third kappa shape index (κ3) is 1.32. The second-order valence-corrected chi connectivity index (χ2v) is 4.40. The molecule has 2 aromatic rings. The SMILES string of the molecule is Cc1c(C(F)F)sc2c(C)cccc12. The van der Waals surface area contributed by atoms with Crippen LogP contribution in [0.25, 0.3) is 10.1 Å². The fourth-order valence-electron chi connectivity index (χ4n) is 1.61. The van der Waals surface area contributed by atoms with Crippen LogP contribution in [-0.2, 0) is 0 Å². The number of hydrogen-bond acceptors (Lipinski definition) is 1. The van der Waals surface area contributed by atoms with Crippen LogP contribution in [0, 0.1) is 13.8 Å². The van der Waals surface area contributed by atoms with Gasteiger partial charge in [0, 0.05) is 4.70 Å². The van der Waals surface area contributed by atoms with Crippen LogP contribution in [0.3, 0.4) is 0 Å². The van der Waals surface area contributed by atoms with Gasteiger partial charge in [0.1, 0.15) is 0 Å². The normalized spacial score (nSPS) is 11.5. The van der Waals surface area contributed by atoms with Gasteiger partial charge in [-0.1, -0.05) is 18.2 Å². The van der Waals surface area contributed by atoms with Crippen molar-refractivity contribution in [2.45, 2.75) is 20.3 Å². The first kappa shape index (κ1) is 9.59. The maximum absolute atomic E-state index is 12.6. The molecule has 0 aliphatic rings. The van der Waals surface area contributed by atoms with E-state index in [1.807, 2.05) is 25.1 Å². The number of aryl methyl sites for hydroxylation is 2. The molecular formula is C11H10F2S. The van der Waals surface area contributed by atoms with Gasteiger partial charge in [-0.05, 0) is 30.4 Å². The minimum Gasteiger partial charge on any atom is -0.204 e. The lowest BCUT2D eigenvalue weighted by Gasteiger charge is -1.95. The lowest BCUT2D eigenvalue weighted by molar-refractivity contribution is 0.155. The molecule has 14 heavy (non-hydrogen) atoms. The van der Waals surface area contributed by atoms with Crippen LogP contribution >= 0.6 is 11.3 Å². The molecule has 2 rings (SSSR count). The van der Waals surface area contributed by atoms with Gasteiger partial charge in [-0.25, -0.2) is 8.78 Å². The summed E-state index contributed by atoms with van der Waals surface area (Å²) in [6, 6.07) is 5.76. The highest BCUT2D eigenvalue weighted by Crippen LogP contribution is 2.38. The Morgan fingerprint density at radius 1 is 1.21 bits per heavy atom. The lowest BCUT2D eigenvalue weighted by Crippen LogP contribution is -1.80. The Bertz CT molecular complexity index is 471. The first-order valence-electron chi connectivity index (χ1n) is 4.38. The number of hydrogen-bond donors (Lipinski definition) is 0. The van der Waals surface area contributed by atoms with Crippen molar-refractivity contribution >= 4 is 21.4 Å². The zero-order chi connectivity index (χ0) is 10.3. The predicted molar refractivity (Wildman–Crippen MR) is 56.3 cm³/mol. The predicted octanol–water partition coefficient (Wildman–Crippen LogP) is 4.46. The van der Waals surface area contributed by atoms with E-state index < -0.39 is 6.43 Å². The van der Waals surface area contributed by atoms with Gasteiger partial charge in [0.05, 0.1) is 4.88 Å². The number of rotatable bonds is 1. The molecule has 0 atom stereocenters. The van der Waals surface area contributed by atoms with Crippen molar-refractivity contribution in [2.75, 3.05) is 0 Å². The summed E-state index contributed by atoms with van der Waals surface area (Å²) in [5.74, 6) is 0. The molecule has 0 saturated heterocycles. The highest BCUT2D eigenvalue weighted by molar-refractivity contribution is 7.19. The Morgan fingerprint density at radius 3 is 2.50 bits per heavy atom. The van der Waals surface area contributed by atoms with E-state index in [1.54, 1.807) is 6.92 Å². The number of fused-ring (bicyclic) bond motifs is 1. The van der Waals surface area contributed by atoms with E-state index in [4.69, 9.17) is 0 Å². The first-order valence-corrected chi connectivity index (χ1v) is 5.19. The minimum atomic E-state index is -2.35. The summed E-state index contributed by atoms with van der Waals surface area (Å²) in [6.07, 6.45) is -2.35. The molecule has 0 fully saturated rings. The van der Waals surface area contributed by atoms with E-state index >= 15 is 0 Å². The Morgan fingerprint density at radius 2 is 1.93 bits per heavy atom. The molecule has 0 spiro atoms. The van der Waals surface area contributed by atoms with Crippen LogP contribution in [0.5, 0.6) is 0 Å². The third-order valence-electron chi connectivity index (χ3n) is 2.40. The van der Waals surface area contributed by atoms with Crippen LogP contribution in [0.15, 0.2) is 18.2 Å². The molecule has 1 heterocycles. The number of halogens is 2. The molecule has 0 saturated carbocycles. The Kier molecular flexibility index (Phi) is 2.27. The Hall–Kier alpha value is -0.960. The van der Waals surface area contributed by atoms with E-state index in [9.17, 15) is 8.78 Å². The van der Waals surface area contributed by atoms with Crippen molar-refractivity contribution in [2.24, 2.45) is 0 Å². The van der Waals surface area contributed by atoms with Crippen LogP contribution in [0.4, 0.5) is 8.78 Å². The van der Waals surface area contributed by atoms with E-state index in [-0.39, 0.29) is 4.88 Å². The number of alkyl halides is 2. The van der Waals surface area contributed by atoms with Crippen LogP contribution in [0.2, 0.25) is 0 Å². The number of thiophene rings is 1. The van der Waals surface area contributed by atoms with E-state index in [1.165, 1.54) is 11.3 Å². The average molecular weight is 212 g/mol. The molecule has 0 N–H and O–H groups in total. The monoisotopic (exact) mass is 212 g/mol. The molecule has 0 amide bonds. The van der Waals surface area contributed by atoms with E-state index in [2.05, 4.69) is 0 Å². The topological polar surface area (TPSA) is 0 Å². The number of benzene rings is 1. The van der Waals surface area contributed by atoms with Gasteiger partial charge in [0.25, 0.3) is 6.43 Å². The minimum absolute atomic E-state index is 0.203. The Balaban J connectivity index is 2.80. The molecule has 0 radical (unpaired) electrons. The summed E-state index contributed by atoms with van der Waals surface area (Å²) < 4.78 is 26.2. The van der Waals surface area contributed by atoms with Crippen molar-refractivity contribution in [3.8, 4) is 0 Å². The molecule has 0 unspecified atom stereocenters. The van der Waals surface area contributed by atoms with Crippen LogP contribution in [-0.4, -0.2) is 0 Å². The maximum atomic E-state index is 12.6. The van der Waals surface area contributed by atoms with Gasteiger partial charge in [-0.2, -0.15) is 0 Å². The second kappa shape index (κ2) is 3.31. The third-order valence-corrected chi connectivity index (χ3v) is 3.85. The zero-order valence-electron chi connectivity index (χ0n) is 7.97. The molecular weight excluding hydrogens is 202 g/mol. The van der Waals surface area contributed by atoms with Crippen LogP contribution in [0.1, 0.15) is 22.4 Å². The Labute approximate surface area is 85.2 Å². The molecule has 0 aliphatic heterocycles. The van der Waals surface area contributed by atoms with Crippen LogP contribution < -0.4 is 0 Å². The van der Waals surface area contributed by atoms with Crippen molar-refractivity contribution < 1.29 is 8.78 Å². The molecule has 1 aromatic heterocycles. The second-order valence-electron chi connectivity index (χ2n) is 3.34. The zero-order valence-corrected chi connectivity index (χ0v) is 8.79. The fourth-order valence-corrected chi connectivity index (χ4v) is 2.74. The summed E-state index contributed by atoms with van der Waals surface area (Å²) >= 11 is 1.21. The van der Waals surface area contributed by atoms with Gasteiger partial charge >= 0.3 is 0 Å². The maximum Gasteiger partial charge on any atom is 0.273 e. The highest BCUT2D eigenvalue weighted by Gasteiger charge is 2.16.